The van der Waals surface area contributed by atoms with Gasteiger partial charge in [-0.05, 0) is 6.42 Å². The highest BCUT2D eigenvalue weighted by atomic mass is 79.9. The van der Waals surface area contributed by atoms with Crippen LogP contribution in [-0.2, 0) is 9.53 Å². The summed E-state index contributed by atoms with van der Waals surface area (Å²) in [5, 5.41) is 0. The third kappa shape index (κ3) is 2.32. The first-order valence-electron chi connectivity index (χ1n) is 4.93. The van der Waals surface area contributed by atoms with Crippen LogP contribution in [0, 0.1) is 0 Å². The van der Waals surface area contributed by atoms with Crippen LogP contribution in [0.15, 0.2) is 30.3 Å². The zero-order valence-corrected chi connectivity index (χ0v) is 10.8. The first kappa shape index (κ1) is 12.9. The van der Waals surface area contributed by atoms with Gasteiger partial charge in [-0.1, -0.05) is 53.2 Å². The Hall–Kier alpha value is -1.16. The van der Waals surface area contributed by atoms with Crippen LogP contribution in [-0.4, -0.2) is 23.2 Å². The lowest BCUT2D eigenvalue weighted by Gasteiger charge is -2.21. The van der Waals surface area contributed by atoms with Crippen LogP contribution in [0.1, 0.15) is 23.7 Å². The molecule has 0 aliphatic heterocycles. The molecular weight excluding hydrogens is 272 g/mol. The van der Waals surface area contributed by atoms with E-state index in [1.54, 1.807) is 31.2 Å². The quantitative estimate of drug-likeness (QED) is 0.369. The maximum atomic E-state index is 12.2. The first-order chi connectivity index (χ1) is 7.56. The molecule has 0 N–H and O–H groups in total. The molecule has 1 aromatic rings. The molecule has 0 aliphatic rings. The molecule has 0 bridgehead atoms. The number of hydrogen-bond acceptors (Lipinski definition) is 3. The number of ketones is 1. The van der Waals surface area contributed by atoms with Gasteiger partial charge in [-0.2, -0.15) is 0 Å². The summed E-state index contributed by atoms with van der Waals surface area (Å²) in [5.41, 5.74) is 0.492. The number of ether oxygens (including phenoxy) is 1. The highest BCUT2D eigenvalue weighted by Crippen LogP contribution is 2.28. The minimum Gasteiger partial charge on any atom is -0.468 e. The molecule has 0 heterocycles. The Bertz CT molecular complexity index is 389. The number of rotatable bonds is 4. The molecule has 0 aliphatic carbocycles. The second-order valence-electron chi connectivity index (χ2n) is 3.34. The fraction of sp³-hybridized carbons (Fsp3) is 0.333. The largest absolute Gasteiger partial charge is 0.468 e. The van der Waals surface area contributed by atoms with E-state index >= 15 is 0 Å². The first-order valence-corrected chi connectivity index (χ1v) is 5.72. The Kier molecular flexibility index (Phi) is 4.24. The summed E-state index contributed by atoms with van der Waals surface area (Å²) in [6.45, 7) is 1.76. The van der Waals surface area contributed by atoms with Gasteiger partial charge >= 0.3 is 5.97 Å². The van der Waals surface area contributed by atoms with Gasteiger partial charge in [0.2, 0.25) is 0 Å². The van der Waals surface area contributed by atoms with E-state index in [1.165, 1.54) is 7.11 Å². The average molecular weight is 285 g/mol. The van der Waals surface area contributed by atoms with E-state index in [0.717, 1.165) is 0 Å². The molecule has 0 saturated heterocycles. The normalized spacial score (nSPS) is 13.9. The summed E-state index contributed by atoms with van der Waals surface area (Å²) in [7, 11) is 1.27. The van der Waals surface area contributed by atoms with Crippen LogP contribution in [0.3, 0.4) is 0 Å². The summed E-state index contributed by atoms with van der Waals surface area (Å²) in [4.78, 5) is 23.7. The lowest BCUT2D eigenvalue weighted by atomic mass is 9.95. The van der Waals surface area contributed by atoms with Crippen molar-refractivity contribution in [2.75, 3.05) is 7.11 Å². The van der Waals surface area contributed by atoms with Gasteiger partial charge in [0.15, 0.2) is 10.1 Å². The Morgan fingerprint density at radius 3 is 2.31 bits per heavy atom. The monoisotopic (exact) mass is 284 g/mol. The predicted molar refractivity (Wildman–Crippen MR) is 64.7 cm³/mol. The molecule has 16 heavy (non-hydrogen) atoms. The minimum atomic E-state index is -1.27. The van der Waals surface area contributed by atoms with E-state index in [1.807, 2.05) is 6.07 Å². The van der Waals surface area contributed by atoms with Crippen LogP contribution in [0.4, 0.5) is 0 Å². The number of hydrogen-bond donors (Lipinski definition) is 0. The van der Waals surface area contributed by atoms with Gasteiger partial charge in [-0.15, -0.1) is 0 Å². The lowest BCUT2D eigenvalue weighted by molar-refractivity contribution is -0.141. The molecule has 86 valence electrons. The Balaban J connectivity index is 3.07. The molecule has 1 atom stereocenters. The van der Waals surface area contributed by atoms with E-state index in [2.05, 4.69) is 20.7 Å². The van der Waals surface area contributed by atoms with Gasteiger partial charge in [0.05, 0.1) is 7.11 Å². The predicted octanol–water partition coefficient (Wildman–Crippen LogP) is 2.59. The van der Waals surface area contributed by atoms with Crippen LogP contribution in [0.5, 0.6) is 0 Å². The number of alkyl halides is 1. The van der Waals surface area contributed by atoms with E-state index in [-0.39, 0.29) is 5.78 Å². The topological polar surface area (TPSA) is 43.4 Å². The lowest BCUT2D eigenvalue weighted by Crippen LogP contribution is -2.41. The molecule has 0 spiro atoms. The molecule has 1 aromatic carbocycles. The fourth-order valence-electron chi connectivity index (χ4n) is 1.38. The molecule has 0 fully saturated rings. The van der Waals surface area contributed by atoms with Crippen LogP contribution in [0.25, 0.3) is 0 Å². The zero-order valence-electron chi connectivity index (χ0n) is 9.20. The van der Waals surface area contributed by atoms with Crippen molar-refractivity contribution < 1.29 is 14.3 Å². The van der Waals surface area contributed by atoms with Crippen molar-refractivity contribution >= 4 is 27.7 Å². The van der Waals surface area contributed by atoms with E-state index in [9.17, 15) is 9.59 Å². The zero-order chi connectivity index (χ0) is 12.2. The number of esters is 1. The molecule has 0 radical (unpaired) electrons. The molecular formula is C12H13BrO3. The Morgan fingerprint density at radius 2 is 1.88 bits per heavy atom. The Labute approximate surface area is 103 Å². The number of carbonyl (C=O) groups excluding carboxylic acids is 2. The van der Waals surface area contributed by atoms with E-state index in [4.69, 9.17) is 0 Å². The third-order valence-corrected chi connectivity index (χ3v) is 3.64. The fourth-order valence-corrected chi connectivity index (χ4v) is 1.77. The second-order valence-corrected chi connectivity index (χ2v) is 4.70. The summed E-state index contributed by atoms with van der Waals surface area (Å²) < 4.78 is 3.37. The number of halogens is 1. The van der Waals surface area contributed by atoms with Crippen LogP contribution < -0.4 is 0 Å². The van der Waals surface area contributed by atoms with Crippen LogP contribution in [0.2, 0.25) is 0 Å². The van der Waals surface area contributed by atoms with Gasteiger partial charge in [0, 0.05) is 5.56 Å². The van der Waals surface area contributed by atoms with Gasteiger partial charge in [-0.25, -0.2) is 0 Å². The number of methoxy groups -OCH3 is 1. The van der Waals surface area contributed by atoms with Crippen molar-refractivity contribution in [2.45, 2.75) is 17.7 Å². The van der Waals surface area contributed by atoms with E-state index < -0.39 is 10.3 Å². The second kappa shape index (κ2) is 5.25. The number of Topliss-reactive ketones (excluding diaryl/α,β-unsaturated/α-hetero) is 1. The van der Waals surface area contributed by atoms with Crippen LogP contribution >= 0.6 is 15.9 Å². The molecule has 0 saturated carbocycles. The van der Waals surface area contributed by atoms with Crippen molar-refractivity contribution in [3.05, 3.63) is 35.9 Å². The van der Waals surface area contributed by atoms with Gasteiger partial charge < -0.3 is 4.74 Å². The smallest absolute Gasteiger partial charge is 0.330 e. The van der Waals surface area contributed by atoms with Gasteiger partial charge in [0.25, 0.3) is 0 Å². The van der Waals surface area contributed by atoms with Crippen molar-refractivity contribution in [2.24, 2.45) is 0 Å². The highest BCUT2D eigenvalue weighted by molar-refractivity contribution is 9.10. The maximum absolute atomic E-state index is 12.2. The summed E-state index contributed by atoms with van der Waals surface area (Å²) >= 11 is 3.19. The van der Waals surface area contributed by atoms with Crippen molar-refractivity contribution in [1.82, 2.24) is 0 Å². The van der Waals surface area contributed by atoms with Gasteiger partial charge in [-0.3, -0.25) is 9.59 Å². The SMILES string of the molecule is CCC(Br)(C(=O)OC)C(=O)c1ccccc1. The average Bonchev–Trinajstić information content (AvgIpc) is 2.36. The number of benzene rings is 1. The van der Waals surface area contributed by atoms with Gasteiger partial charge in [0.1, 0.15) is 0 Å². The number of carbonyl (C=O) groups is 2. The Morgan fingerprint density at radius 1 is 1.31 bits per heavy atom. The molecule has 4 heteroatoms. The maximum Gasteiger partial charge on any atom is 0.330 e. The summed E-state index contributed by atoms with van der Waals surface area (Å²) in [6.07, 6.45) is 0.341. The van der Waals surface area contributed by atoms with Crippen molar-refractivity contribution in [1.29, 1.82) is 0 Å². The molecule has 0 aromatic heterocycles. The minimum absolute atomic E-state index is 0.276. The highest BCUT2D eigenvalue weighted by Gasteiger charge is 2.43. The molecule has 0 amide bonds. The van der Waals surface area contributed by atoms with E-state index in [0.29, 0.717) is 12.0 Å². The standard InChI is InChI=1S/C12H13BrO3/c1-3-12(13,11(15)16-2)10(14)9-7-5-4-6-8-9/h4-8H,3H2,1-2H3. The molecule has 1 unspecified atom stereocenters. The van der Waals surface area contributed by atoms with Crippen molar-refractivity contribution in [3.63, 3.8) is 0 Å². The summed E-state index contributed by atoms with van der Waals surface area (Å²) in [6, 6.07) is 8.69. The van der Waals surface area contributed by atoms with Crippen molar-refractivity contribution in [3.8, 4) is 0 Å². The summed E-state index contributed by atoms with van der Waals surface area (Å²) in [5.74, 6) is -0.841. The third-order valence-electron chi connectivity index (χ3n) is 2.39. The molecule has 3 nitrogen and oxygen atoms in total. The molecule has 1 rings (SSSR count).